The van der Waals surface area contributed by atoms with Crippen LogP contribution in [0.15, 0.2) is 41.6 Å². The van der Waals surface area contributed by atoms with Gasteiger partial charge in [0.05, 0.1) is 33.1 Å². The van der Waals surface area contributed by atoms with Crippen molar-refractivity contribution in [2.24, 2.45) is 5.92 Å². The molecule has 1 aromatic heterocycles. The molecule has 3 aromatic rings. The monoisotopic (exact) mass is 545 g/mol. The van der Waals surface area contributed by atoms with E-state index in [0.717, 1.165) is 11.8 Å². The lowest BCUT2D eigenvalue weighted by molar-refractivity contribution is -0.113. The number of hydrogen-bond acceptors (Lipinski definition) is 5. The number of thioether (sulfide) groups is 1. The minimum atomic E-state index is -0.454. The van der Waals surface area contributed by atoms with Crippen LogP contribution in [0.4, 0.5) is 5.69 Å². The molecule has 0 aliphatic rings. The van der Waals surface area contributed by atoms with Crippen molar-refractivity contribution in [2.75, 3.05) is 11.1 Å². The lowest BCUT2D eigenvalue weighted by Gasteiger charge is -2.20. The van der Waals surface area contributed by atoms with Crippen molar-refractivity contribution in [1.82, 2.24) is 20.5 Å². The van der Waals surface area contributed by atoms with Crippen LogP contribution in [0, 0.1) is 5.92 Å². The molecule has 2 amide bonds. The molecule has 3 N–H and O–H groups in total. The van der Waals surface area contributed by atoms with Crippen molar-refractivity contribution in [2.45, 2.75) is 25.0 Å². The number of hydrogen-bond donors (Lipinski definition) is 3. The van der Waals surface area contributed by atoms with Crippen LogP contribution in [0.5, 0.6) is 0 Å². The molecule has 0 aliphatic heterocycles. The first-order valence-corrected chi connectivity index (χ1v) is 12.2. The molecule has 7 nitrogen and oxygen atoms in total. The summed E-state index contributed by atoms with van der Waals surface area (Å²) in [4.78, 5) is 29.4. The van der Waals surface area contributed by atoms with E-state index in [2.05, 4.69) is 25.8 Å². The Labute approximate surface area is 214 Å². The molecular formula is C21H19Cl4N5O2S. The lowest BCUT2D eigenvalue weighted by atomic mass is 10.0. The molecule has 0 unspecified atom stereocenters. The van der Waals surface area contributed by atoms with Crippen LogP contribution < -0.4 is 10.6 Å². The number of nitrogens with zero attached hydrogens (tertiary/aromatic N) is 2. The molecule has 174 valence electrons. The minimum Gasteiger partial charge on any atom is -0.342 e. The highest BCUT2D eigenvalue weighted by molar-refractivity contribution is 7.99. The van der Waals surface area contributed by atoms with Crippen molar-refractivity contribution in [3.05, 3.63) is 67.9 Å². The van der Waals surface area contributed by atoms with Crippen LogP contribution in [0.25, 0.3) is 0 Å². The Morgan fingerprint density at radius 1 is 1.03 bits per heavy atom. The van der Waals surface area contributed by atoms with E-state index in [1.807, 2.05) is 13.8 Å². The summed E-state index contributed by atoms with van der Waals surface area (Å²) in [6.45, 7) is 3.87. The lowest BCUT2D eigenvalue weighted by Crippen LogP contribution is -2.32. The van der Waals surface area contributed by atoms with Gasteiger partial charge in [0.25, 0.3) is 5.91 Å². The van der Waals surface area contributed by atoms with Crippen LogP contribution in [0.1, 0.15) is 36.1 Å². The van der Waals surface area contributed by atoms with Gasteiger partial charge in [-0.25, -0.2) is 4.98 Å². The highest BCUT2D eigenvalue weighted by Gasteiger charge is 2.24. The number of amides is 2. The van der Waals surface area contributed by atoms with E-state index >= 15 is 0 Å². The van der Waals surface area contributed by atoms with Crippen molar-refractivity contribution >= 4 is 75.7 Å². The number of carbonyl (C=O) groups is 2. The normalized spacial score (nSPS) is 12.0. The number of benzene rings is 2. The highest BCUT2D eigenvalue weighted by atomic mass is 35.5. The van der Waals surface area contributed by atoms with Crippen molar-refractivity contribution < 1.29 is 9.59 Å². The second kappa shape index (κ2) is 11.4. The van der Waals surface area contributed by atoms with Crippen LogP contribution in [0.2, 0.25) is 20.1 Å². The Morgan fingerprint density at radius 3 is 2.42 bits per heavy atom. The molecule has 1 atom stereocenters. The SMILES string of the molecule is CC(C)[C@H](NC(=O)c1ccc(Cl)cc1Cl)c1nc(SCC(=O)Nc2cc(Cl)ccc2Cl)n[nH]1. The number of H-pyrrole nitrogens is 1. The predicted octanol–water partition coefficient (Wildman–Crippen LogP) is 6.28. The molecule has 33 heavy (non-hydrogen) atoms. The number of nitrogens with one attached hydrogen (secondary N) is 3. The van der Waals surface area contributed by atoms with Crippen LogP contribution in [0.3, 0.4) is 0 Å². The Morgan fingerprint density at radius 2 is 1.73 bits per heavy atom. The minimum absolute atomic E-state index is 0.000838. The summed E-state index contributed by atoms with van der Waals surface area (Å²) >= 11 is 25.2. The van der Waals surface area contributed by atoms with E-state index in [4.69, 9.17) is 46.4 Å². The van der Waals surface area contributed by atoms with Crippen molar-refractivity contribution in [3.63, 3.8) is 0 Å². The zero-order valence-corrected chi connectivity index (χ0v) is 21.3. The fraction of sp³-hybridized carbons (Fsp3) is 0.238. The maximum absolute atomic E-state index is 12.7. The Hall–Kier alpha value is -1.97. The molecule has 0 saturated heterocycles. The molecule has 0 saturated carbocycles. The molecule has 0 bridgehead atoms. The van der Waals surface area contributed by atoms with E-state index in [1.54, 1.807) is 30.3 Å². The van der Waals surface area contributed by atoms with Gasteiger partial charge in [0, 0.05) is 10.0 Å². The topological polar surface area (TPSA) is 99.8 Å². The second-order valence-corrected chi connectivity index (χ2v) is 9.91. The average molecular weight is 547 g/mol. The molecule has 12 heteroatoms. The summed E-state index contributed by atoms with van der Waals surface area (Å²) in [7, 11) is 0. The summed E-state index contributed by atoms with van der Waals surface area (Å²) in [6.07, 6.45) is 0. The van der Waals surface area contributed by atoms with Gasteiger partial charge < -0.3 is 10.6 Å². The van der Waals surface area contributed by atoms with Gasteiger partial charge in [-0.15, -0.1) is 5.10 Å². The zero-order chi connectivity index (χ0) is 24.1. The molecule has 0 aliphatic carbocycles. The van der Waals surface area contributed by atoms with Gasteiger partial charge in [-0.3, -0.25) is 14.7 Å². The molecule has 2 aromatic carbocycles. The zero-order valence-electron chi connectivity index (χ0n) is 17.5. The Kier molecular flexibility index (Phi) is 8.89. The van der Waals surface area contributed by atoms with E-state index in [1.165, 1.54) is 6.07 Å². The third kappa shape index (κ3) is 7.01. The summed E-state index contributed by atoms with van der Waals surface area (Å²) in [5.41, 5.74) is 0.728. The highest BCUT2D eigenvalue weighted by Crippen LogP contribution is 2.27. The van der Waals surface area contributed by atoms with Crippen molar-refractivity contribution in [3.8, 4) is 0 Å². The summed E-state index contributed by atoms with van der Waals surface area (Å²) < 4.78 is 0. The van der Waals surface area contributed by atoms with Gasteiger partial charge in [0.2, 0.25) is 11.1 Å². The molecule has 0 radical (unpaired) electrons. The van der Waals surface area contributed by atoms with E-state index in [-0.39, 0.29) is 28.5 Å². The van der Waals surface area contributed by atoms with Gasteiger partial charge >= 0.3 is 0 Å². The van der Waals surface area contributed by atoms with Crippen LogP contribution >= 0.6 is 58.2 Å². The first-order valence-electron chi connectivity index (χ1n) is 9.70. The van der Waals surface area contributed by atoms with Gasteiger partial charge in [0.15, 0.2) is 0 Å². The molecular weight excluding hydrogens is 528 g/mol. The average Bonchev–Trinajstić information content (AvgIpc) is 3.21. The Bertz CT molecular complexity index is 1170. The number of carbonyl (C=O) groups excluding carboxylic acids is 2. The van der Waals surface area contributed by atoms with Crippen LogP contribution in [-0.2, 0) is 4.79 Å². The fourth-order valence-electron chi connectivity index (χ4n) is 2.81. The smallest absolute Gasteiger partial charge is 0.253 e. The van der Waals surface area contributed by atoms with Gasteiger partial charge in [-0.2, -0.15) is 0 Å². The maximum Gasteiger partial charge on any atom is 0.253 e. The summed E-state index contributed by atoms with van der Waals surface area (Å²) in [6, 6.07) is 9.01. The van der Waals surface area contributed by atoms with E-state index in [9.17, 15) is 9.59 Å². The standard InChI is InChI=1S/C21H19Cl4N5O2S/c1-10(2)18(27-20(32)13-5-3-11(22)7-15(13)25)19-28-21(30-29-19)33-9-17(31)26-16-8-12(23)4-6-14(16)24/h3-8,10,18H,9H2,1-2H3,(H,26,31)(H,27,32)(H,28,29,30)/t18-/m0/s1. The Balaban J connectivity index is 1.63. The summed E-state index contributed by atoms with van der Waals surface area (Å²) in [5, 5.41) is 14.5. The number of anilines is 1. The first-order chi connectivity index (χ1) is 15.6. The van der Waals surface area contributed by atoms with E-state index in [0.29, 0.717) is 37.3 Å². The van der Waals surface area contributed by atoms with Crippen molar-refractivity contribution in [1.29, 1.82) is 0 Å². The van der Waals surface area contributed by atoms with Gasteiger partial charge in [-0.1, -0.05) is 72.0 Å². The maximum atomic E-state index is 12.7. The quantitative estimate of drug-likeness (QED) is 0.289. The number of halogens is 4. The second-order valence-electron chi connectivity index (χ2n) is 7.28. The molecule has 1 heterocycles. The first kappa shape index (κ1) is 25.6. The number of aromatic amines is 1. The third-order valence-electron chi connectivity index (χ3n) is 4.44. The fourth-order valence-corrected chi connectivity index (χ4v) is 4.25. The molecule has 0 spiro atoms. The largest absolute Gasteiger partial charge is 0.342 e. The number of aromatic nitrogens is 3. The third-order valence-corrected chi connectivity index (χ3v) is 6.40. The molecule has 3 rings (SSSR count). The summed E-state index contributed by atoms with van der Waals surface area (Å²) in [5.74, 6) is -0.136. The predicted molar refractivity (Wildman–Crippen MR) is 134 cm³/mol. The molecule has 0 fully saturated rings. The number of rotatable bonds is 8. The van der Waals surface area contributed by atoms with E-state index < -0.39 is 6.04 Å². The van der Waals surface area contributed by atoms with Gasteiger partial charge in [-0.05, 0) is 42.3 Å². The van der Waals surface area contributed by atoms with Gasteiger partial charge in [0.1, 0.15) is 5.82 Å². The van der Waals surface area contributed by atoms with Crippen LogP contribution in [-0.4, -0.2) is 32.7 Å².